The Labute approximate surface area is 113 Å². The first kappa shape index (κ1) is 14.3. The molecule has 0 amide bonds. The fraction of sp³-hybridized carbons (Fsp3) is 1.00. The van der Waals surface area contributed by atoms with E-state index in [0.717, 1.165) is 18.5 Å². The zero-order chi connectivity index (χ0) is 13.0. The van der Waals surface area contributed by atoms with Crippen molar-refractivity contribution >= 4 is 0 Å². The van der Waals surface area contributed by atoms with Crippen LogP contribution in [0.1, 0.15) is 65.2 Å². The van der Waals surface area contributed by atoms with Gasteiger partial charge in [-0.3, -0.25) is 0 Å². The molecule has 0 aromatic carbocycles. The van der Waals surface area contributed by atoms with Gasteiger partial charge in [0.05, 0.1) is 0 Å². The van der Waals surface area contributed by atoms with Crippen molar-refractivity contribution in [3.8, 4) is 0 Å². The van der Waals surface area contributed by atoms with Crippen molar-refractivity contribution in [2.24, 2.45) is 17.1 Å². The number of nitrogens with zero attached hydrogens (tertiary/aromatic N) is 1. The van der Waals surface area contributed by atoms with Crippen molar-refractivity contribution in [1.82, 2.24) is 4.90 Å². The van der Waals surface area contributed by atoms with Gasteiger partial charge in [0.1, 0.15) is 0 Å². The van der Waals surface area contributed by atoms with Crippen LogP contribution in [-0.4, -0.2) is 30.6 Å². The molecule has 1 saturated carbocycles. The fourth-order valence-electron chi connectivity index (χ4n) is 3.86. The second-order valence-electron chi connectivity index (χ2n) is 7.26. The standard InChI is InChI=1S/C16H32N2/c1-16(2,13-17)10-3-4-11-18-12-6-8-14-7-5-9-15(14)18/h14-15H,3-13,17H2,1-2H3. The summed E-state index contributed by atoms with van der Waals surface area (Å²) in [6.07, 6.45) is 11.4. The van der Waals surface area contributed by atoms with E-state index in [1.54, 1.807) is 0 Å². The van der Waals surface area contributed by atoms with Gasteiger partial charge in [0.2, 0.25) is 0 Å². The average Bonchev–Trinajstić information content (AvgIpc) is 2.83. The Balaban J connectivity index is 1.67. The summed E-state index contributed by atoms with van der Waals surface area (Å²) in [5, 5.41) is 0. The van der Waals surface area contributed by atoms with E-state index in [0.29, 0.717) is 5.41 Å². The minimum absolute atomic E-state index is 0.345. The average molecular weight is 252 g/mol. The molecule has 106 valence electrons. The Morgan fingerprint density at radius 1 is 1.11 bits per heavy atom. The molecule has 18 heavy (non-hydrogen) atoms. The first-order valence-corrected chi connectivity index (χ1v) is 8.06. The minimum Gasteiger partial charge on any atom is -0.330 e. The molecule has 0 bridgehead atoms. The summed E-state index contributed by atoms with van der Waals surface area (Å²) in [5.74, 6) is 1.04. The lowest BCUT2D eigenvalue weighted by molar-refractivity contribution is 0.110. The van der Waals surface area contributed by atoms with Crippen LogP contribution in [0.3, 0.4) is 0 Å². The summed E-state index contributed by atoms with van der Waals surface area (Å²) in [5.41, 5.74) is 6.14. The summed E-state index contributed by atoms with van der Waals surface area (Å²) in [6.45, 7) is 8.10. The van der Waals surface area contributed by atoms with Gasteiger partial charge in [-0.1, -0.05) is 26.7 Å². The van der Waals surface area contributed by atoms with E-state index in [9.17, 15) is 0 Å². The fourth-order valence-corrected chi connectivity index (χ4v) is 3.86. The third-order valence-electron chi connectivity index (χ3n) is 5.21. The maximum atomic E-state index is 5.79. The highest BCUT2D eigenvalue weighted by Gasteiger charge is 2.34. The molecule has 1 heterocycles. The summed E-state index contributed by atoms with van der Waals surface area (Å²) >= 11 is 0. The smallest absolute Gasteiger partial charge is 0.0123 e. The summed E-state index contributed by atoms with van der Waals surface area (Å²) in [4.78, 5) is 2.80. The van der Waals surface area contributed by atoms with Crippen LogP contribution in [0.15, 0.2) is 0 Å². The van der Waals surface area contributed by atoms with E-state index in [4.69, 9.17) is 5.73 Å². The van der Waals surface area contributed by atoms with Crippen molar-refractivity contribution in [3.63, 3.8) is 0 Å². The molecule has 2 aliphatic rings. The lowest BCUT2D eigenvalue weighted by Crippen LogP contribution is -2.42. The van der Waals surface area contributed by atoms with Crippen LogP contribution < -0.4 is 5.73 Å². The number of hydrogen-bond donors (Lipinski definition) is 1. The highest BCUT2D eigenvalue weighted by Crippen LogP contribution is 2.36. The van der Waals surface area contributed by atoms with E-state index >= 15 is 0 Å². The van der Waals surface area contributed by atoms with Crippen molar-refractivity contribution < 1.29 is 0 Å². The highest BCUT2D eigenvalue weighted by atomic mass is 15.2. The molecule has 2 heteroatoms. The Bertz CT molecular complexity index is 249. The number of piperidine rings is 1. The predicted octanol–water partition coefficient (Wildman–Crippen LogP) is 3.41. The highest BCUT2D eigenvalue weighted by molar-refractivity contribution is 4.89. The molecule has 1 aliphatic heterocycles. The lowest BCUT2D eigenvalue weighted by atomic mass is 9.87. The Morgan fingerprint density at radius 2 is 1.89 bits per heavy atom. The van der Waals surface area contributed by atoms with Crippen LogP contribution in [0, 0.1) is 11.3 Å². The second-order valence-corrected chi connectivity index (χ2v) is 7.26. The molecule has 0 aromatic rings. The molecular weight excluding hydrogens is 220 g/mol. The van der Waals surface area contributed by atoms with Gasteiger partial charge in [-0.25, -0.2) is 0 Å². The number of rotatable bonds is 6. The number of nitrogens with two attached hydrogens (primary N) is 1. The van der Waals surface area contributed by atoms with E-state index in [-0.39, 0.29) is 0 Å². The summed E-state index contributed by atoms with van der Waals surface area (Å²) < 4.78 is 0. The molecule has 2 nitrogen and oxygen atoms in total. The molecule has 1 aliphatic carbocycles. The van der Waals surface area contributed by atoms with Gasteiger partial charge < -0.3 is 10.6 Å². The van der Waals surface area contributed by atoms with Crippen molar-refractivity contribution in [1.29, 1.82) is 0 Å². The monoisotopic (exact) mass is 252 g/mol. The van der Waals surface area contributed by atoms with Gasteiger partial charge in [0.15, 0.2) is 0 Å². The van der Waals surface area contributed by atoms with Crippen LogP contribution >= 0.6 is 0 Å². The Kier molecular flexibility index (Phi) is 5.08. The molecular formula is C16H32N2. The van der Waals surface area contributed by atoms with E-state index in [2.05, 4.69) is 18.7 Å². The van der Waals surface area contributed by atoms with Crippen molar-refractivity contribution in [2.75, 3.05) is 19.6 Å². The van der Waals surface area contributed by atoms with Crippen LogP contribution in [0.4, 0.5) is 0 Å². The lowest BCUT2D eigenvalue weighted by Gasteiger charge is -2.38. The molecule has 2 fully saturated rings. The van der Waals surface area contributed by atoms with Gasteiger partial charge in [-0.05, 0) is 69.5 Å². The Morgan fingerprint density at radius 3 is 2.67 bits per heavy atom. The van der Waals surface area contributed by atoms with Gasteiger partial charge >= 0.3 is 0 Å². The zero-order valence-electron chi connectivity index (χ0n) is 12.5. The molecule has 2 rings (SSSR count). The van der Waals surface area contributed by atoms with Crippen LogP contribution in [0.5, 0.6) is 0 Å². The van der Waals surface area contributed by atoms with Crippen molar-refractivity contribution in [2.45, 2.75) is 71.3 Å². The molecule has 0 radical (unpaired) electrons. The van der Waals surface area contributed by atoms with Crippen molar-refractivity contribution in [3.05, 3.63) is 0 Å². The van der Waals surface area contributed by atoms with Crippen LogP contribution in [-0.2, 0) is 0 Å². The molecule has 1 saturated heterocycles. The molecule has 2 atom stereocenters. The second kappa shape index (κ2) is 6.38. The van der Waals surface area contributed by atoms with Gasteiger partial charge in [0.25, 0.3) is 0 Å². The first-order chi connectivity index (χ1) is 8.62. The summed E-state index contributed by atoms with van der Waals surface area (Å²) in [7, 11) is 0. The Hall–Kier alpha value is -0.0800. The van der Waals surface area contributed by atoms with Gasteiger partial charge in [-0.15, -0.1) is 0 Å². The number of likely N-dealkylation sites (tertiary alicyclic amines) is 1. The van der Waals surface area contributed by atoms with Crippen LogP contribution in [0.25, 0.3) is 0 Å². The quantitative estimate of drug-likeness (QED) is 0.734. The molecule has 2 unspecified atom stereocenters. The third kappa shape index (κ3) is 3.71. The van der Waals surface area contributed by atoms with Gasteiger partial charge in [-0.2, -0.15) is 0 Å². The van der Waals surface area contributed by atoms with E-state index in [1.165, 1.54) is 64.5 Å². The number of fused-ring (bicyclic) bond motifs is 1. The predicted molar refractivity (Wildman–Crippen MR) is 78.6 cm³/mol. The van der Waals surface area contributed by atoms with E-state index < -0.39 is 0 Å². The number of hydrogen-bond acceptors (Lipinski definition) is 2. The molecule has 2 N–H and O–H groups in total. The normalized spacial score (nSPS) is 29.5. The van der Waals surface area contributed by atoms with Crippen LogP contribution in [0.2, 0.25) is 0 Å². The largest absolute Gasteiger partial charge is 0.330 e. The molecule has 0 aromatic heterocycles. The number of unbranched alkanes of at least 4 members (excludes halogenated alkanes) is 1. The van der Waals surface area contributed by atoms with E-state index in [1.807, 2.05) is 0 Å². The SMILES string of the molecule is CC(C)(CN)CCCCN1CCCC2CCCC21. The maximum Gasteiger partial charge on any atom is 0.0123 e. The van der Waals surface area contributed by atoms with Gasteiger partial charge in [0, 0.05) is 6.04 Å². The first-order valence-electron chi connectivity index (χ1n) is 8.06. The topological polar surface area (TPSA) is 29.3 Å². The third-order valence-corrected chi connectivity index (χ3v) is 5.21. The minimum atomic E-state index is 0.345. The molecule has 0 spiro atoms. The zero-order valence-corrected chi connectivity index (χ0v) is 12.5. The maximum absolute atomic E-state index is 5.79. The summed E-state index contributed by atoms with van der Waals surface area (Å²) in [6, 6.07) is 0.946.